The molecule has 1 aromatic rings. The Morgan fingerprint density at radius 2 is 2.05 bits per heavy atom. The molecule has 1 heterocycles. The Labute approximate surface area is 123 Å². The molecule has 1 fully saturated rings. The summed E-state index contributed by atoms with van der Waals surface area (Å²) >= 11 is 0. The molecule has 0 radical (unpaired) electrons. The Kier molecular flexibility index (Phi) is 4.41. The number of rotatable bonds is 4. The lowest BCUT2D eigenvalue weighted by Crippen LogP contribution is -2.44. The molecule has 2 aliphatic rings. The van der Waals surface area contributed by atoms with Crippen molar-refractivity contribution in [2.75, 3.05) is 13.2 Å². The SMILES string of the molecule is CCNC1c2ccccc2OCC1S(=O)C1CCCC1. The van der Waals surface area contributed by atoms with E-state index in [1.54, 1.807) is 0 Å². The maximum absolute atomic E-state index is 12.9. The Morgan fingerprint density at radius 1 is 1.30 bits per heavy atom. The molecule has 0 spiro atoms. The summed E-state index contributed by atoms with van der Waals surface area (Å²) in [6.45, 7) is 3.56. The maximum Gasteiger partial charge on any atom is 0.124 e. The third-order valence-corrected chi connectivity index (χ3v) is 6.52. The predicted molar refractivity (Wildman–Crippen MR) is 82.5 cm³/mol. The molecular formula is C16H23NO2S. The lowest BCUT2D eigenvalue weighted by molar-refractivity contribution is 0.258. The van der Waals surface area contributed by atoms with Crippen LogP contribution in [0.15, 0.2) is 24.3 Å². The number of nitrogens with one attached hydrogen (secondary N) is 1. The normalized spacial score (nSPS) is 27.9. The quantitative estimate of drug-likeness (QED) is 0.927. The van der Waals surface area contributed by atoms with Gasteiger partial charge in [-0.15, -0.1) is 0 Å². The highest BCUT2D eigenvalue weighted by molar-refractivity contribution is 7.86. The summed E-state index contributed by atoms with van der Waals surface area (Å²) in [4.78, 5) is 0. The smallest absolute Gasteiger partial charge is 0.124 e. The molecule has 3 unspecified atom stereocenters. The first-order chi connectivity index (χ1) is 9.81. The average molecular weight is 293 g/mol. The molecule has 0 saturated heterocycles. The van der Waals surface area contributed by atoms with Gasteiger partial charge < -0.3 is 10.1 Å². The van der Waals surface area contributed by atoms with Gasteiger partial charge in [-0.3, -0.25) is 4.21 Å². The van der Waals surface area contributed by atoms with Crippen LogP contribution in [0.2, 0.25) is 0 Å². The molecule has 0 amide bonds. The van der Waals surface area contributed by atoms with E-state index in [9.17, 15) is 4.21 Å². The number of hydrogen-bond donors (Lipinski definition) is 1. The summed E-state index contributed by atoms with van der Waals surface area (Å²) in [5, 5.41) is 3.97. The van der Waals surface area contributed by atoms with Crippen molar-refractivity contribution in [3.8, 4) is 5.75 Å². The topological polar surface area (TPSA) is 38.3 Å². The summed E-state index contributed by atoms with van der Waals surface area (Å²) < 4.78 is 18.7. The van der Waals surface area contributed by atoms with E-state index in [1.807, 2.05) is 18.2 Å². The zero-order valence-corrected chi connectivity index (χ0v) is 12.8. The Balaban J connectivity index is 1.85. The molecule has 0 aromatic heterocycles. The Morgan fingerprint density at radius 3 is 2.80 bits per heavy atom. The van der Waals surface area contributed by atoms with Crippen LogP contribution in [0, 0.1) is 0 Å². The van der Waals surface area contributed by atoms with Crippen LogP contribution in [-0.4, -0.2) is 27.9 Å². The highest BCUT2D eigenvalue weighted by Gasteiger charge is 2.37. The van der Waals surface area contributed by atoms with E-state index < -0.39 is 10.8 Å². The summed E-state index contributed by atoms with van der Waals surface area (Å²) in [5.74, 6) is 0.943. The van der Waals surface area contributed by atoms with Crippen molar-refractivity contribution in [3.05, 3.63) is 29.8 Å². The largest absolute Gasteiger partial charge is 0.492 e. The molecule has 3 nitrogen and oxygen atoms in total. The van der Waals surface area contributed by atoms with Crippen molar-refractivity contribution >= 4 is 10.8 Å². The first-order valence-corrected chi connectivity index (χ1v) is 8.93. The Bertz CT molecular complexity index is 485. The first kappa shape index (κ1) is 14.1. The van der Waals surface area contributed by atoms with Gasteiger partial charge >= 0.3 is 0 Å². The summed E-state index contributed by atoms with van der Waals surface area (Å²) in [6, 6.07) is 8.30. The van der Waals surface area contributed by atoms with E-state index in [1.165, 1.54) is 12.8 Å². The van der Waals surface area contributed by atoms with Gasteiger partial charge in [0.15, 0.2) is 0 Å². The van der Waals surface area contributed by atoms with Gasteiger partial charge in [-0.05, 0) is 25.5 Å². The van der Waals surface area contributed by atoms with E-state index in [-0.39, 0.29) is 11.3 Å². The third-order valence-electron chi connectivity index (χ3n) is 4.38. The molecule has 0 bridgehead atoms. The molecule has 1 aliphatic carbocycles. The Hall–Kier alpha value is -0.870. The molecule has 1 aliphatic heterocycles. The zero-order chi connectivity index (χ0) is 13.9. The molecule has 4 heteroatoms. The minimum Gasteiger partial charge on any atom is -0.492 e. The van der Waals surface area contributed by atoms with Crippen molar-refractivity contribution in [2.24, 2.45) is 0 Å². The second-order valence-corrected chi connectivity index (χ2v) is 7.59. The van der Waals surface area contributed by atoms with E-state index in [0.29, 0.717) is 11.9 Å². The minimum atomic E-state index is -0.808. The van der Waals surface area contributed by atoms with E-state index in [2.05, 4.69) is 18.3 Å². The number of hydrogen-bond acceptors (Lipinski definition) is 3. The second kappa shape index (κ2) is 6.27. The van der Waals surface area contributed by atoms with Crippen LogP contribution < -0.4 is 10.1 Å². The van der Waals surface area contributed by atoms with Crippen molar-refractivity contribution < 1.29 is 8.95 Å². The van der Waals surface area contributed by atoms with Gasteiger partial charge in [0, 0.05) is 21.6 Å². The van der Waals surface area contributed by atoms with Gasteiger partial charge in [0.05, 0.1) is 11.3 Å². The third kappa shape index (κ3) is 2.63. The molecule has 1 aromatic carbocycles. The van der Waals surface area contributed by atoms with Gasteiger partial charge in [-0.2, -0.15) is 0 Å². The highest BCUT2D eigenvalue weighted by Crippen LogP contribution is 2.36. The number of fused-ring (bicyclic) bond motifs is 1. The fourth-order valence-corrected chi connectivity index (χ4v) is 5.37. The van der Waals surface area contributed by atoms with E-state index in [0.717, 1.165) is 30.7 Å². The lowest BCUT2D eigenvalue weighted by atomic mass is 10.0. The summed E-state index contributed by atoms with van der Waals surface area (Å²) in [7, 11) is -0.808. The van der Waals surface area contributed by atoms with Gasteiger partial charge in [-0.25, -0.2) is 0 Å². The first-order valence-electron chi connectivity index (χ1n) is 7.65. The average Bonchev–Trinajstić information content (AvgIpc) is 3.01. The predicted octanol–water partition coefficient (Wildman–Crippen LogP) is 2.79. The number of benzene rings is 1. The van der Waals surface area contributed by atoms with Crippen molar-refractivity contribution in [1.82, 2.24) is 5.32 Å². The lowest BCUT2D eigenvalue weighted by Gasteiger charge is -2.34. The van der Waals surface area contributed by atoms with Crippen LogP contribution in [-0.2, 0) is 10.8 Å². The number of para-hydroxylation sites is 1. The fourth-order valence-electron chi connectivity index (χ4n) is 3.37. The standard InChI is InChI=1S/C16H23NO2S/c1-2-17-16-13-9-5-6-10-14(13)19-11-15(16)20(18)12-7-3-4-8-12/h5-6,9-10,12,15-17H,2-4,7-8,11H2,1H3. The van der Waals surface area contributed by atoms with Gasteiger partial charge in [0.1, 0.15) is 12.4 Å². The maximum atomic E-state index is 12.9. The molecule has 1 saturated carbocycles. The van der Waals surface area contributed by atoms with Crippen LogP contribution in [0.5, 0.6) is 5.75 Å². The highest BCUT2D eigenvalue weighted by atomic mass is 32.2. The molecule has 1 N–H and O–H groups in total. The summed E-state index contributed by atoms with van der Waals surface area (Å²) in [5.41, 5.74) is 1.16. The zero-order valence-electron chi connectivity index (χ0n) is 12.0. The monoisotopic (exact) mass is 293 g/mol. The summed E-state index contributed by atoms with van der Waals surface area (Å²) in [6.07, 6.45) is 4.69. The van der Waals surface area contributed by atoms with Gasteiger partial charge in [0.25, 0.3) is 0 Å². The van der Waals surface area contributed by atoms with Crippen LogP contribution in [0.1, 0.15) is 44.2 Å². The number of ether oxygens (including phenoxy) is 1. The van der Waals surface area contributed by atoms with Crippen LogP contribution >= 0.6 is 0 Å². The van der Waals surface area contributed by atoms with Crippen LogP contribution in [0.4, 0.5) is 0 Å². The molecule has 20 heavy (non-hydrogen) atoms. The van der Waals surface area contributed by atoms with Crippen LogP contribution in [0.25, 0.3) is 0 Å². The molecule has 3 rings (SSSR count). The molecule has 3 atom stereocenters. The van der Waals surface area contributed by atoms with Crippen molar-refractivity contribution in [2.45, 2.75) is 49.1 Å². The molecule has 110 valence electrons. The van der Waals surface area contributed by atoms with Crippen LogP contribution in [0.3, 0.4) is 0 Å². The van der Waals surface area contributed by atoms with E-state index in [4.69, 9.17) is 4.74 Å². The van der Waals surface area contributed by atoms with Gasteiger partial charge in [0.2, 0.25) is 0 Å². The van der Waals surface area contributed by atoms with Crippen molar-refractivity contribution in [3.63, 3.8) is 0 Å². The van der Waals surface area contributed by atoms with E-state index >= 15 is 0 Å². The fraction of sp³-hybridized carbons (Fsp3) is 0.625. The second-order valence-electron chi connectivity index (χ2n) is 5.66. The minimum absolute atomic E-state index is 0.0768. The molecular weight excluding hydrogens is 270 g/mol. The van der Waals surface area contributed by atoms with Crippen molar-refractivity contribution in [1.29, 1.82) is 0 Å². The van der Waals surface area contributed by atoms with Gasteiger partial charge in [-0.1, -0.05) is 38.0 Å².